The van der Waals surface area contributed by atoms with Crippen molar-refractivity contribution < 1.29 is 14.3 Å². The second-order valence-corrected chi connectivity index (χ2v) is 2.89. The van der Waals surface area contributed by atoms with Crippen LogP contribution in [0, 0.1) is 0 Å². The van der Waals surface area contributed by atoms with E-state index in [2.05, 4.69) is 0 Å². The summed E-state index contributed by atoms with van der Waals surface area (Å²) >= 11 is 0. The molecule has 0 saturated carbocycles. The molecule has 0 aliphatic carbocycles. The summed E-state index contributed by atoms with van der Waals surface area (Å²) in [4.78, 5) is 22.5. The number of hydrogen-bond acceptors (Lipinski definition) is 4. The van der Waals surface area contributed by atoms with Gasteiger partial charge in [-0.1, -0.05) is 13.8 Å². The average molecular weight is 196 g/mol. The lowest BCUT2D eigenvalue weighted by Gasteiger charge is -2.01. The molecule has 0 aliphatic heterocycles. The maximum absolute atomic E-state index is 11.3. The summed E-state index contributed by atoms with van der Waals surface area (Å²) in [6, 6.07) is 1.31. The molecule has 76 valence electrons. The van der Waals surface area contributed by atoms with Crippen molar-refractivity contribution in [2.75, 3.05) is 0 Å². The smallest absolute Gasteiger partial charge is 0.350 e. The van der Waals surface area contributed by atoms with Crippen LogP contribution in [0.5, 0.6) is 5.75 Å². The van der Waals surface area contributed by atoms with E-state index in [0.29, 0.717) is 12.2 Å². The van der Waals surface area contributed by atoms with Crippen LogP contribution in [0.1, 0.15) is 36.4 Å². The third-order valence-corrected chi connectivity index (χ3v) is 1.93. The summed E-state index contributed by atoms with van der Waals surface area (Å²) in [6.07, 6.45) is 0.674. The van der Waals surface area contributed by atoms with Crippen LogP contribution in [-0.2, 0) is 6.42 Å². The standard InChI is InChI=1S/C10H12O4/c1-3-6-5-8(12)9(7(11)4-2)10(13)14-6/h5,12H,3-4H2,1-2H3. The van der Waals surface area contributed by atoms with Gasteiger partial charge in [-0.2, -0.15) is 0 Å². The molecule has 14 heavy (non-hydrogen) atoms. The number of carbonyl (C=O) groups is 1. The van der Waals surface area contributed by atoms with E-state index in [1.165, 1.54) is 6.07 Å². The highest BCUT2D eigenvalue weighted by atomic mass is 16.4. The van der Waals surface area contributed by atoms with Gasteiger partial charge >= 0.3 is 5.63 Å². The van der Waals surface area contributed by atoms with Gasteiger partial charge in [0.25, 0.3) is 0 Å². The van der Waals surface area contributed by atoms with Gasteiger partial charge in [-0.3, -0.25) is 4.79 Å². The van der Waals surface area contributed by atoms with Crippen molar-refractivity contribution >= 4 is 5.78 Å². The minimum atomic E-state index is -0.756. The van der Waals surface area contributed by atoms with E-state index in [1.54, 1.807) is 13.8 Å². The molecule has 0 amide bonds. The quantitative estimate of drug-likeness (QED) is 0.744. The molecule has 0 aromatic carbocycles. The van der Waals surface area contributed by atoms with Crippen molar-refractivity contribution in [1.82, 2.24) is 0 Å². The molecule has 0 bridgehead atoms. The Kier molecular flexibility index (Phi) is 3.06. The summed E-state index contributed by atoms with van der Waals surface area (Å²) in [5.74, 6) is -0.316. The summed E-state index contributed by atoms with van der Waals surface area (Å²) in [6.45, 7) is 3.41. The van der Waals surface area contributed by atoms with Crippen LogP contribution in [0.15, 0.2) is 15.3 Å². The predicted octanol–water partition coefficient (Wildman–Crippen LogP) is 1.50. The fourth-order valence-corrected chi connectivity index (χ4v) is 1.14. The van der Waals surface area contributed by atoms with Crippen LogP contribution in [0.2, 0.25) is 0 Å². The minimum Gasteiger partial charge on any atom is -0.507 e. The van der Waals surface area contributed by atoms with Gasteiger partial charge in [-0.05, 0) is 0 Å². The Balaban J connectivity index is 3.33. The van der Waals surface area contributed by atoms with Crippen LogP contribution in [-0.4, -0.2) is 10.9 Å². The van der Waals surface area contributed by atoms with Gasteiger partial charge in [0.05, 0.1) is 0 Å². The minimum absolute atomic E-state index is 0.170. The third-order valence-electron chi connectivity index (χ3n) is 1.93. The third kappa shape index (κ3) is 1.84. The molecule has 0 saturated heterocycles. The molecule has 0 fully saturated rings. The maximum atomic E-state index is 11.3. The van der Waals surface area contributed by atoms with Gasteiger partial charge in [0, 0.05) is 18.9 Å². The first kappa shape index (κ1) is 10.5. The van der Waals surface area contributed by atoms with Gasteiger partial charge in [-0.15, -0.1) is 0 Å². The predicted molar refractivity (Wildman–Crippen MR) is 50.6 cm³/mol. The van der Waals surface area contributed by atoms with E-state index in [-0.39, 0.29) is 17.7 Å². The molecule has 0 radical (unpaired) electrons. The molecule has 0 spiro atoms. The Bertz CT molecular complexity index is 403. The normalized spacial score (nSPS) is 10.1. The second kappa shape index (κ2) is 4.09. The Labute approximate surface area is 81.2 Å². The number of ketones is 1. The highest BCUT2D eigenvalue weighted by molar-refractivity contribution is 5.97. The molecule has 1 aromatic rings. The first-order valence-electron chi connectivity index (χ1n) is 4.49. The van der Waals surface area contributed by atoms with Crippen LogP contribution in [0.4, 0.5) is 0 Å². The van der Waals surface area contributed by atoms with Crippen LogP contribution < -0.4 is 5.63 Å². The van der Waals surface area contributed by atoms with Crippen molar-refractivity contribution in [3.8, 4) is 5.75 Å². The second-order valence-electron chi connectivity index (χ2n) is 2.89. The van der Waals surface area contributed by atoms with Crippen molar-refractivity contribution in [3.63, 3.8) is 0 Å². The van der Waals surface area contributed by atoms with E-state index < -0.39 is 11.4 Å². The highest BCUT2D eigenvalue weighted by Gasteiger charge is 2.16. The highest BCUT2D eigenvalue weighted by Crippen LogP contribution is 2.16. The van der Waals surface area contributed by atoms with Crippen LogP contribution >= 0.6 is 0 Å². The van der Waals surface area contributed by atoms with Gasteiger partial charge in [0.1, 0.15) is 17.1 Å². The van der Waals surface area contributed by atoms with Crippen LogP contribution in [0.25, 0.3) is 0 Å². The number of Topliss-reactive ketones (excluding diaryl/α,β-unsaturated/α-hetero) is 1. The molecule has 4 heteroatoms. The van der Waals surface area contributed by atoms with Crippen molar-refractivity contribution in [2.24, 2.45) is 0 Å². The SMILES string of the molecule is CCC(=O)c1c(O)cc(CC)oc1=O. The molecule has 0 aliphatic rings. The van der Waals surface area contributed by atoms with E-state index >= 15 is 0 Å². The maximum Gasteiger partial charge on any atom is 0.350 e. The first-order chi connectivity index (χ1) is 6.60. The van der Waals surface area contributed by atoms with Crippen molar-refractivity contribution in [1.29, 1.82) is 0 Å². The zero-order chi connectivity index (χ0) is 10.7. The zero-order valence-electron chi connectivity index (χ0n) is 8.16. The molecular weight excluding hydrogens is 184 g/mol. The molecule has 1 aromatic heterocycles. The number of rotatable bonds is 3. The molecule has 0 unspecified atom stereocenters. The average Bonchev–Trinajstić information content (AvgIpc) is 2.16. The van der Waals surface area contributed by atoms with Gasteiger partial charge < -0.3 is 9.52 Å². The summed E-state index contributed by atoms with van der Waals surface area (Å²) < 4.78 is 4.82. The fourth-order valence-electron chi connectivity index (χ4n) is 1.14. The van der Waals surface area contributed by atoms with Crippen molar-refractivity contribution in [2.45, 2.75) is 26.7 Å². The molecule has 0 atom stereocenters. The summed E-state index contributed by atoms with van der Waals surface area (Å²) in [5, 5.41) is 9.42. The zero-order valence-corrected chi connectivity index (χ0v) is 8.16. The number of aryl methyl sites for hydroxylation is 1. The van der Waals surface area contributed by atoms with Crippen molar-refractivity contribution in [3.05, 3.63) is 27.8 Å². The summed E-state index contributed by atoms with van der Waals surface area (Å²) in [5.41, 5.74) is -1.00. The molecule has 1 N–H and O–H groups in total. The number of hydrogen-bond donors (Lipinski definition) is 1. The van der Waals surface area contributed by atoms with E-state index in [1.807, 2.05) is 0 Å². The Morgan fingerprint density at radius 1 is 1.50 bits per heavy atom. The van der Waals surface area contributed by atoms with Crippen LogP contribution in [0.3, 0.4) is 0 Å². The fraction of sp³-hybridized carbons (Fsp3) is 0.400. The topological polar surface area (TPSA) is 67.5 Å². The number of aromatic hydroxyl groups is 1. The lowest BCUT2D eigenvalue weighted by molar-refractivity contribution is 0.0981. The van der Waals surface area contributed by atoms with E-state index in [4.69, 9.17) is 4.42 Å². The summed E-state index contributed by atoms with van der Waals surface area (Å²) in [7, 11) is 0. The molecular formula is C10H12O4. The first-order valence-corrected chi connectivity index (χ1v) is 4.49. The van der Waals surface area contributed by atoms with Gasteiger partial charge in [-0.25, -0.2) is 4.79 Å². The molecule has 1 heterocycles. The Morgan fingerprint density at radius 2 is 2.14 bits per heavy atom. The monoisotopic (exact) mass is 196 g/mol. The van der Waals surface area contributed by atoms with E-state index in [0.717, 1.165) is 0 Å². The molecule has 1 rings (SSSR count). The van der Waals surface area contributed by atoms with E-state index in [9.17, 15) is 14.7 Å². The van der Waals surface area contributed by atoms with Gasteiger partial charge in [0.15, 0.2) is 5.78 Å². The molecule has 4 nitrogen and oxygen atoms in total. The lowest BCUT2D eigenvalue weighted by atomic mass is 10.1. The lowest BCUT2D eigenvalue weighted by Crippen LogP contribution is -2.14. The number of carbonyl (C=O) groups excluding carboxylic acids is 1. The largest absolute Gasteiger partial charge is 0.507 e. The Morgan fingerprint density at radius 3 is 2.57 bits per heavy atom. The Hall–Kier alpha value is -1.58. The van der Waals surface area contributed by atoms with Gasteiger partial charge in [0.2, 0.25) is 0 Å².